The zero-order valence-corrected chi connectivity index (χ0v) is 12.8. The molecule has 130 valence electrons. The number of likely N-dealkylation sites (tertiary alicyclic amines) is 1. The first-order valence-corrected chi connectivity index (χ1v) is 7.24. The average Bonchev–Trinajstić information content (AvgIpc) is 3.00. The van der Waals surface area contributed by atoms with Gasteiger partial charge in [-0.25, -0.2) is 0 Å². The first kappa shape index (κ1) is 18.8. The van der Waals surface area contributed by atoms with E-state index in [1.165, 1.54) is 11.8 Å². The summed E-state index contributed by atoms with van der Waals surface area (Å²) in [5.74, 6) is -2.84. The van der Waals surface area contributed by atoms with Crippen LogP contribution < -0.4 is 16.4 Å². The Morgan fingerprint density at radius 1 is 1.35 bits per heavy atom. The van der Waals surface area contributed by atoms with E-state index in [0.29, 0.717) is 19.4 Å². The van der Waals surface area contributed by atoms with Crippen molar-refractivity contribution in [3.63, 3.8) is 0 Å². The van der Waals surface area contributed by atoms with Crippen LogP contribution in [0.3, 0.4) is 0 Å². The number of aliphatic hydroxyl groups excluding tert-OH is 1. The van der Waals surface area contributed by atoms with Gasteiger partial charge in [0, 0.05) is 6.54 Å². The number of carbonyl (C=O) groups is 4. The van der Waals surface area contributed by atoms with Crippen molar-refractivity contribution in [3.05, 3.63) is 0 Å². The molecule has 0 aromatic heterocycles. The van der Waals surface area contributed by atoms with Crippen LogP contribution in [0.2, 0.25) is 0 Å². The van der Waals surface area contributed by atoms with Gasteiger partial charge in [-0.1, -0.05) is 0 Å². The number of hydrogen-bond donors (Lipinski definition) is 5. The van der Waals surface area contributed by atoms with Crippen LogP contribution >= 0.6 is 0 Å². The van der Waals surface area contributed by atoms with Gasteiger partial charge in [0.15, 0.2) is 0 Å². The maximum atomic E-state index is 12.1. The monoisotopic (exact) mass is 330 g/mol. The van der Waals surface area contributed by atoms with E-state index in [1.807, 2.05) is 0 Å². The van der Waals surface area contributed by atoms with Crippen molar-refractivity contribution in [3.8, 4) is 0 Å². The molecule has 0 radical (unpaired) electrons. The molecule has 1 heterocycles. The van der Waals surface area contributed by atoms with Crippen LogP contribution in [0, 0.1) is 0 Å². The Labute approximate surface area is 133 Å². The SMILES string of the molecule is CC(NC(=O)C1CCCN1C(=O)CNC(=O)C(N)CO)C(=O)O. The van der Waals surface area contributed by atoms with Gasteiger partial charge in [0.2, 0.25) is 17.7 Å². The highest BCUT2D eigenvalue weighted by molar-refractivity contribution is 5.92. The molecule has 6 N–H and O–H groups in total. The highest BCUT2D eigenvalue weighted by atomic mass is 16.4. The topological polar surface area (TPSA) is 162 Å². The Hall–Kier alpha value is -2.20. The minimum absolute atomic E-state index is 0.342. The largest absolute Gasteiger partial charge is 0.480 e. The quantitative estimate of drug-likeness (QED) is 0.332. The molecule has 1 aliphatic heterocycles. The summed E-state index contributed by atoms with van der Waals surface area (Å²) in [5, 5.41) is 22.2. The first-order valence-electron chi connectivity index (χ1n) is 7.24. The lowest BCUT2D eigenvalue weighted by Crippen LogP contribution is -2.52. The third-order valence-corrected chi connectivity index (χ3v) is 3.55. The summed E-state index contributed by atoms with van der Waals surface area (Å²) >= 11 is 0. The molecule has 0 aromatic rings. The molecular weight excluding hydrogens is 308 g/mol. The van der Waals surface area contributed by atoms with E-state index in [1.54, 1.807) is 0 Å². The van der Waals surface area contributed by atoms with E-state index < -0.39 is 48.4 Å². The molecular formula is C13H22N4O6. The van der Waals surface area contributed by atoms with Crippen molar-refractivity contribution in [2.45, 2.75) is 37.9 Å². The molecule has 10 heteroatoms. The second-order valence-corrected chi connectivity index (χ2v) is 5.32. The van der Waals surface area contributed by atoms with Crippen molar-refractivity contribution >= 4 is 23.7 Å². The van der Waals surface area contributed by atoms with Gasteiger partial charge < -0.3 is 31.5 Å². The summed E-state index contributed by atoms with van der Waals surface area (Å²) in [4.78, 5) is 47.6. The normalized spacial score (nSPS) is 19.8. The second kappa shape index (κ2) is 8.44. The van der Waals surface area contributed by atoms with Crippen LogP contribution in [0.4, 0.5) is 0 Å². The summed E-state index contributed by atoms with van der Waals surface area (Å²) in [5.41, 5.74) is 5.31. The molecule has 0 aromatic carbocycles. The summed E-state index contributed by atoms with van der Waals surface area (Å²) in [6.45, 7) is 0.796. The Bertz CT molecular complexity index is 483. The van der Waals surface area contributed by atoms with Gasteiger partial charge >= 0.3 is 5.97 Å². The molecule has 10 nitrogen and oxygen atoms in total. The molecule has 3 unspecified atom stereocenters. The number of hydrogen-bond acceptors (Lipinski definition) is 6. The maximum absolute atomic E-state index is 12.1. The standard InChI is InChI=1S/C13H22N4O6/c1-7(13(22)23)16-12(21)9-3-2-4-17(9)10(19)5-15-11(20)8(14)6-18/h7-9,18H,2-6,14H2,1H3,(H,15,20)(H,16,21)(H,22,23). The number of rotatable bonds is 7. The number of amides is 3. The third-order valence-electron chi connectivity index (χ3n) is 3.55. The van der Waals surface area contributed by atoms with E-state index in [0.717, 1.165) is 0 Å². The highest BCUT2D eigenvalue weighted by Crippen LogP contribution is 2.17. The maximum Gasteiger partial charge on any atom is 0.325 e. The lowest BCUT2D eigenvalue weighted by molar-refractivity contribution is -0.143. The number of carboxylic acid groups (broad SMARTS) is 1. The van der Waals surface area contributed by atoms with Crippen molar-refractivity contribution in [2.24, 2.45) is 5.73 Å². The predicted octanol–water partition coefficient (Wildman–Crippen LogP) is -3.00. The van der Waals surface area contributed by atoms with E-state index in [4.69, 9.17) is 15.9 Å². The number of nitrogens with zero attached hydrogens (tertiary/aromatic N) is 1. The molecule has 1 aliphatic rings. The number of nitrogens with one attached hydrogen (secondary N) is 2. The zero-order chi connectivity index (χ0) is 17.6. The first-order chi connectivity index (χ1) is 10.8. The Balaban J connectivity index is 2.57. The fourth-order valence-electron chi connectivity index (χ4n) is 2.19. The molecule has 3 amide bonds. The molecule has 0 saturated carbocycles. The molecule has 23 heavy (non-hydrogen) atoms. The third kappa shape index (κ3) is 5.18. The van der Waals surface area contributed by atoms with Gasteiger partial charge in [0.25, 0.3) is 0 Å². The number of nitrogens with two attached hydrogens (primary N) is 1. The van der Waals surface area contributed by atoms with Crippen LogP contribution in [0.25, 0.3) is 0 Å². The van der Waals surface area contributed by atoms with Crippen LogP contribution in [0.15, 0.2) is 0 Å². The van der Waals surface area contributed by atoms with E-state index in [9.17, 15) is 19.2 Å². The van der Waals surface area contributed by atoms with E-state index >= 15 is 0 Å². The van der Waals surface area contributed by atoms with Gasteiger partial charge in [0.05, 0.1) is 13.2 Å². The van der Waals surface area contributed by atoms with Gasteiger partial charge in [-0.2, -0.15) is 0 Å². The fourth-order valence-corrected chi connectivity index (χ4v) is 2.19. The number of aliphatic carboxylic acids is 1. The lowest BCUT2D eigenvalue weighted by atomic mass is 10.2. The summed E-state index contributed by atoms with van der Waals surface area (Å²) in [6.07, 6.45) is 1.03. The van der Waals surface area contributed by atoms with Crippen molar-refractivity contribution < 1.29 is 29.4 Å². The lowest BCUT2D eigenvalue weighted by Gasteiger charge is -2.25. The summed E-state index contributed by atoms with van der Waals surface area (Å²) in [6, 6.07) is -2.92. The fraction of sp³-hybridized carbons (Fsp3) is 0.692. The van der Waals surface area contributed by atoms with Crippen LogP contribution in [-0.4, -0.2) is 76.6 Å². The molecule has 0 spiro atoms. The summed E-state index contributed by atoms with van der Waals surface area (Å²) < 4.78 is 0. The Kier molecular flexibility index (Phi) is 6.91. The van der Waals surface area contributed by atoms with E-state index in [2.05, 4.69) is 10.6 Å². The molecule has 1 fully saturated rings. The zero-order valence-electron chi connectivity index (χ0n) is 12.8. The number of carboxylic acids is 1. The average molecular weight is 330 g/mol. The molecule has 0 aliphatic carbocycles. The molecule has 3 atom stereocenters. The summed E-state index contributed by atoms with van der Waals surface area (Å²) in [7, 11) is 0. The van der Waals surface area contributed by atoms with Crippen LogP contribution in [0.1, 0.15) is 19.8 Å². The minimum Gasteiger partial charge on any atom is -0.480 e. The van der Waals surface area contributed by atoms with Gasteiger partial charge in [-0.15, -0.1) is 0 Å². The second-order valence-electron chi connectivity index (χ2n) is 5.32. The van der Waals surface area contributed by atoms with Gasteiger partial charge in [-0.3, -0.25) is 19.2 Å². The van der Waals surface area contributed by atoms with Gasteiger partial charge in [-0.05, 0) is 19.8 Å². The Morgan fingerprint density at radius 3 is 2.57 bits per heavy atom. The smallest absolute Gasteiger partial charge is 0.325 e. The molecule has 0 bridgehead atoms. The predicted molar refractivity (Wildman–Crippen MR) is 78.0 cm³/mol. The minimum atomic E-state index is -1.17. The number of aliphatic hydroxyl groups is 1. The molecule has 1 rings (SSSR count). The van der Waals surface area contributed by atoms with Crippen molar-refractivity contribution in [1.29, 1.82) is 0 Å². The van der Waals surface area contributed by atoms with Gasteiger partial charge in [0.1, 0.15) is 18.1 Å². The van der Waals surface area contributed by atoms with Crippen LogP contribution in [0.5, 0.6) is 0 Å². The van der Waals surface area contributed by atoms with Crippen LogP contribution in [-0.2, 0) is 19.2 Å². The Morgan fingerprint density at radius 2 is 2.00 bits per heavy atom. The number of carbonyl (C=O) groups excluding carboxylic acids is 3. The van der Waals surface area contributed by atoms with E-state index in [-0.39, 0.29) is 6.54 Å². The molecule has 1 saturated heterocycles. The van der Waals surface area contributed by atoms with Crippen molar-refractivity contribution in [1.82, 2.24) is 15.5 Å². The van der Waals surface area contributed by atoms with Crippen molar-refractivity contribution in [2.75, 3.05) is 19.7 Å². The highest BCUT2D eigenvalue weighted by Gasteiger charge is 2.35.